The summed E-state index contributed by atoms with van der Waals surface area (Å²) in [4.78, 5) is 5.98. The Balaban J connectivity index is 1.98. The van der Waals surface area contributed by atoms with E-state index < -0.39 is 0 Å². The summed E-state index contributed by atoms with van der Waals surface area (Å²) < 4.78 is 16.0. The molecule has 6 nitrogen and oxygen atoms in total. The van der Waals surface area contributed by atoms with Crippen LogP contribution in [0, 0.1) is 0 Å². The Kier molecular flexibility index (Phi) is 8.23. The summed E-state index contributed by atoms with van der Waals surface area (Å²) in [6.07, 6.45) is 1.74. The van der Waals surface area contributed by atoms with Gasteiger partial charge >= 0.3 is 0 Å². The molecule has 0 saturated carbocycles. The van der Waals surface area contributed by atoms with E-state index in [2.05, 4.69) is 5.32 Å². The van der Waals surface area contributed by atoms with E-state index in [1.807, 2.05) is 55.6 Å². The van der Waals surface area contributed by atoms with Crippen molar-refractivity contribution in [2.45, 2.75) is 12.8 Å². The molecule has 0 radical (unpaired) electrons. The van der Waals surface area contributed by atoms with E-state index in [0.717, 1.165) is 54.5 Å². The van der Waals surface area contributed by atoms with Gasteiger partial charge in [0.05, 0.1) is 21.3 Å². The zero-order valence-corrected chi connectivity index (χ0v) is 16.9. The summed E-state index contributed by atoms with van der Waals surface area (Å²) in [7, 11) is 8.82. The monoisotopic (exact) mass is 374 g/mol. The quantitative estimate of drug-likeness (QED) is 0.611. The first-order chi connectivity index (χ1) is 13.1. The number of likely N-dealkylation sites (N-methyl/N-ethyl adjacent to an activating group) is 2. The molecule has 6 heteroatoms. The van der Waals surface area contributed by atoms with Crippen molar-refractivity contribution in [3.05, 3.63) is 47.5 Å². The number of ether oxygens (including phenoxy) is 3. The maximum atomic E-state index is 5.98. The Morgan fingerprint density at radius 1 is 0.815 bits per heavy atom. The van der Waals surface area contributed by atoms with E-state index in [4.69, 9.17) is 19.0 Å². The minimum absolute atomic E-state index is 0.733. The van der Waals surface area contributed by atoms with Gasteiger partial charge < -0.3 is 24.4 Å². The van der Waals surface area contributed by atoms with E-state index in [1.165, 1.54) is 5.56 Å². The second-order valence-electron chi connectivity index (χ2n) is 6.25. The minimum atomic E-state index is 0.733. The highest BCUT2D eigenvalue weighted by Gasteiger charge is 2.08. The van der Waals surface area contributed by atoms with Crippen molar-refractivity contribution >= 4 is 0 Å². The second-order valence-corrected chi connectivity index (χ2v) is 6.25. The lowest BCUT2D eigenvalue weighted by atomic mass is 10.1. The van der Waals surface area contributed by atoms with Crippen molar-refractivity contribution in [3.63, 3.8) is 0 Å². The van der Waals surface area contributed by atoms with Crippen LogP contribution in [0.1, 0.15) is 11.1 Å². The Morgan fingerprint density at radius 2 is 1.56 bits per heavy atom. The highest BCUT2D eigenvalue weighted by molar-refractivity contribution is 5.43. The fourth-order valence-electron chi connectivity index (χ4n) is 2.76. The van der Waals surface area contributed by atoms with Gasteiger partial charge in [0.1, 0.15) is 5.75 Å². The maximum absolute atomic E-state index is 5.98. The van der Waals surface area contributed by atoms with Crippen LogP contribution in [0.5, 0.6) is 23.0 Å². The van der Waals surface area contributed by atoms with Crippen LogP contribution in [0.25, 0.3) is 0 Å². The first kappa shape index (κ1) is 20.9. The Bertz CT molecular complexity index is 721. The lowest BCUT2D eigenvalue weighted by Gasteiger charge is -2.19. The Morgan fingerprint density at radius 3 is 2.22 bits per heavy atom. The highest BCUT2D eigenvalue weighted by atomic mass is 16.7. The van der Waals surface area contributed by atoms with Crippen molar-refractivity contribution < 1.29 is 19.0 Å². The van der Waals surface area contributed by atoms with Crippen molar-refractivity contribution in [3.8, 4) is 23.0 Å². The van der Waals surface area contributed by atoms with E-state index in [9.17, 15) is 0 Å². The molecule has 2 aromatic carbocycles. The van der Waals surface area contributed by atoms with Crippen LogP contribution in [0.2, 0.25) is 0 Å². The van der Waals surface area contributed by atoms with Crippen molar-refractivity contribution in [2.24, 2.45) is 0 Å². The molecule has 0 fully saturated rings. The van der Waals surface area contributed by atoms with Crippen LogP contribution in [0.3, 0.4) is 0 Å². The van der Waals surface area contributed by atoms with Gasteiger partial charge in [-0.1, -0.05) is 6.07 Å². The average molecular weight is 374 g/mol. The van der Waals surface area contributed by atoms with Gasteiger partial charge in [-0.2, -0.15) is 0 Å². The number of hydrogen-bond donors (Lipinski definition) is 1. The Labute approximate surface area is 161 Å². The first-order valence-corrected chi connectivity index (χ1v) is 9.02. The van der Waals surface area contributed by atoms with Crippen molar-refractivity contribution in [1.82, 2.24) is 10.4 Å². The molecule has 0 unspecified atom stereocenters. The molecule has 1 N–H and O–H groups in total. The largest absolute Gasteiger partial charge is 0.497 e. The van der Waals surface area contributed by atoms with Crippen molar-refractivity contribution in [1.29, 1.82) is 0 Å². The molecule has 2 aromatic rings. The number of methoxy groups -OCH3 is 3. The van der Waals surface area contributed by atoms with Crippen LogP contribution in [-0.2, 0) is 12.8 Å². The standard InChI is InChI=1S/C21H30N2O4/c1-22-10-8-17-12-18(24-3)15-19(13-17)27-23(2)11-9-16-6-7-20(25-4)21(14-16)26-5/h6-7,12-15,22H,8-11H2,1-5H3. The summed E-state index contributed by atoms with van der Waals surface area (Å²) in [5.41, 5.74) is 2.33. The van der Waals surface area contributed by atoms with Gasteiger partial charge in [-0.05, 0) is 61.8 Å². The van der Waals surface area contributed by atoms with E-state index in [1.54, 1.807) is 21.3 Å². The molecule has 0 aliphatic heterocycles. The fraction of sp³-hybridized carbons (Fsp3) is 0.429. The third kappa shape index (κ3) is 6.34. The van der Waals surface area contributed by atoms with Crippen LogP contribution in [0.4, 0.5) is 0 Å². The molecular formula is C21H30N2O4. The van der Waals surface area contributed by atoms with E-state index in [0.29, 0.717) is 0 Å². The molecule has 0 aromatic heterocycles. The molecule has 2 rings (SSSR count). The van der Waals surface area contributed by atoms with Crippen LogP contribution in [0.15, 0.2) is 36.4 Å². The molecule has 148 valence electrons. The van der Waals surface area contributed by atoms with Gasteiger partial charge in [-0.15, -0.1) is 5.06 Å². The summed E-state index contributed by atoms with van der Waals surface area (Å²) in [5, 5.41) is 4.99. The SMILES string of the molecule is CNCCc1cc(OC)cc(ON(C)CCc2ccc(OC)c(OC)c2)c1. The van der Waals surface area contributed by atoms with Crippen LogP contribution in [-0.4, -0.2) is 53.6 Å². The smallest absolute Gasteiger partial charge is 0.160 e. The molecular weight excluding hydrogens is 344 g/mol. The van der Waals surface area contributed by atoms with Gasteiger partial charge in [0, 0.05) is 19.7 Å². The summed E-state index contributed by atoms with van der Waals surface area (Å²) in [6, 6.07) is 11.9. The lowest BCUT2D eigenvalue weighted by Crippen LogP contribution is -2.25. The van der Waals surface area contributed by atoms with Crippen LogP contribution >= 0.6 is 0 Å². The highest BCUT2D eigenvalue weighted by Crippen LogP contribution is 2.28. The first-order valence-electron chi connectivity index (χ1n) is 9.02. The number of nitrogens with one attached hydrogen (secondary N) is 1. The zero-order chi connectivity index (χ0) is 19.6. The molecule has 0 heterocycles. The number of rotatable bonds is 11. The number of hydroxylamine groups is 2. The molecule has 27 heavy (non-hydrogen) atoms. The van der Waals surface area contributed by atoms with Gasteiger partial charge in [-0.25, -0.2) is 0 Å². The third-order valence-electron chi connectivity index (χ3n) is 4.26. The van der Waals surface area contributed by atoms with Gasteiger partial charge in [0.25, 0.3) is 0 Å². The number of benzene rings is 2. The maximum Gasteiger partial charge on any atom is 0.160 e. The molecule has 0 spiro atoms. The van der Waals surface area contributed by atoms with Crippen LogP contribution < -0.4 is 24.4 Å². The summed E-state index contributed by atoms with van der Waals surface area (Å²) in [5.74, 6) is 3.04. The minimum Gasteiger partial charge on any atom is -0.497 e. The second kappa shape index (κ2) is 10.6. The molecule has 0 atom stereocenters. The molecule has 0 bridgehead atoms. The zero-order valence-electron chi connectivity index (χ0n) is 16.9. The Hall–Kier alpha value is -2.44. The summed E-state index contributed by atoms with van der Waals surface area (Å²) in [6.45, 7) is 1.64. The predicted octanol–water partition coefficient (Wildman–Crippen LogP) is 2.94. The van der Waals surface area contributed by atoms with Gasteiger partial charge in [0.15, 0.2) is 17.2 Å². The van der Waals surface area contributed by atoms with Gasteiger partial charge in [-0.3, -0.25) is 0 Å². The molecule has 0 aliphatic rings. The molecule has 0 amide bonds. The van der Waals surface area contributed by atoms with E-state index >= 15 is 0 Å². The molecule has 0 saturated heterocycles. The van der Waals surface area contributed by atoms with E-state index in [-0.39, 0.29) is 0 Å². The summed E-state index contributed by atoms with van der Waals surface area (Å²) >= 11 is 0. The number of hydrogen-bond acceptors (Lipinski definition) is 6. The fourth-order valence-corrected chi connectivity index (χ4v) is 2.76. The van der Waals surface area contributed by atoms with Gasteiger partial charge in [0.2, 0.25) is 0 Å². The molecule has 0 aliphatic carbocycles. The third-order valence-corrected chi connectivity index (χ3v) is 4.26. The topological polar surface area (TPSA) is 52.2 Å². The van der Waals surface area contributed by atoms with Crippen molar-refractivity contribution in [2.75, 3.05) is 48.5 Å². The average Bonchev–Trinajstić information content (AvgIpc) is 2.70. The lowest BCUT2D eigenvalue weighted by molar-refractivity contribution is -0.0306. The number of nitrogens with zero attached hydrogens (tertiary/aromatic N) is 1. The normalized spacial score (nSPS) is 10.7. The predicted molar refractivity (Wildman–Crippen MR) is 107 cm³/mol.